The van der Waals surface area contributed by atoms with Gasteiger partial charge in [-0.3, -0.25) is 9.36 Å². The molecule has 3 heterocycles. The summed E-state index contributed by atoms with van der Waals surface area (Å²) < 4.78 is 3.17. The first-order valence-electron chi connectivity index (χ1n) is 9.27. The summed E-state index contributed by atoms with van der Waals surface area (Å²) in [6.45, 7) is 2.07. The Morgan fingerprint density at radius 3 is 2.62 bits per heavy atom. The van der Waals surface area contributed by atoms with E-state index < -0.39 is 0 Å². The maximum Gasteiger partial charge on any atom is 0.346 e. The molecule has 2 aliphatic rings. The molecule has 2 aromatic rings. The first-order valence-corrected chi connectivity index (χ1v) is 10.5. The molecule has 0 bridgehead atoms. The number of carbonyl (C=O) groups excluding carboxylic acids is 1. The van der Waals surface area contributed by atoms with Crippen LogP contribution < -0.4 is 5.69 Å². The second-order valence-corrected chi connectivity index (χ2v) is 7.89. The molecule has 1 aromatic heterocycles. The second kappa shape index (κ2) is 7.31. The van der Waals surface area contributed by atoms with Crippen molar-refractivity contribution < 1.29 is 4.79 Å². The van der Waals surface area contributed by atoms with Crippen molar-refractivity contribution in [3.05, 3.63) is 46.1 Å². The molecule has 2 aliphatic heterocycles. The van der Waals surface area contributed by atoms with E-state index in [-0.39, 0.29) is 17.6 Å². The van der Waals surface area contributed by atoms with Gasteiger partial charge in [0.15, 0.2) is 0 Å². The Labute approximate surface area is 157 Å². The van der Waals surface area contributed by atoms with Gasteiger partial charge >= 0.3 is 5.69 Å². The zero-order valence-electron chi connectivity index (χ0n) is 15.1. The fourth-order valence-corrected chi connectivity index (χ4v) is 4.33. The minimum atomic E-state index is -0.378. The Morgan fingerprint density at radius 2 is 1.92 bits per heavy atom. The SMILES string of the molecule is CSc1ccc(Cn2nc3n(c2=O)C(C(=O)N2CCCC2)CCC3)cc1. The molecular formula is C19H24N4O2S. The third-order valence-electron chi connectivity index (χ3n) is 5.32. The van der Waals surface area contributed by atoms with Crippen molar-refractivity contribution in [3.8, 4) is 0 Å². The number of hydrogen-bond acceptors (Lipinski definition) is 4. The van der Waals surface area contributed by atoms with E-state index in [1.807, 2.05) is 23.3 Å². The number of nitrogens with zero attached hydrogens (tertiary/aromatic N) is 4. The van der Waals surface area contributed by atoms with Gasteiger partial charge in [0.2, 0.25) is 5.91 Å². The summed E-state index contributed by atoms with van der Waals surface area (Å²) in [5.74, 6) is 0.842. The summed E-state index contributed by atoms with van der Waals surface area (Å²) in [4.78, 5) is 28.9. The van der Waals surface area contributed by atoms with Crippen molar-refractivity contribution in [3.63, 3.8) is 0 Å². The lowest BCUT2D eigenvalue weighted by molar-refractivity contribution is -0.134. The fourth-order valence-electron chi connectivity index (χ4n) is 3.92. The van der Waals surface area contributed by atoms with Crippen LogP contribution in [-0.4, -0.2) is 44.5 Å². The summed E-state index contributed by atoms with van der Waals surface area (Å²) in [6.07, 6.45) is 6.56. The molecule has 7 heteroatoms. The number of aromatic nitrogens is 3. The molecule has 1 aromatic carbocycles. The second-order valence-electron chi connectivity index (χ2n) is 7.01. The summed E-state index contributed by atoms with van der Waals surface area (Å²) in [7, 11) is 0. The van der Waals surface area contributed by atoms with Gasteiger partial charge in [-0.2, -0.15) is 5.10 Å². The first kappa shape index (κ1) is 17.4. The van der Waals surface area contributed by atoms with E-state index >= 15 is 0 Å². The van der Waals surface area contributed by atoms with Crippen LogP contribution in [0.1, 0.15) is 43.1 Å². The minimum absolute atomic E-state index is 0.0921. The van der Waals surface area contributed by atoms with Gasteiger partial charge in [-0.1, -0.05) is 12.1 Å². The molecule has 138 valence electrons. The Hall–Kier alpha value is -2.02. The number of rotatable bonds is 4. The molecule has 0 N–H and O–H groups in total. The Bertz CT molecular complexity index is 849. The van der Waals surface area contributed by atoms with Crippen LogP contribution in [0.25, 0.3) is 0 Å². The number of likely N-dealkylation sites (tertiary alicyclic amines) is 1. The molecule has 1 unspecified atom stereocenters. The standard InChI is InChI=1S/C19H24N4O2S/c1-26-15-9-7-14(8-10-15)13-22-19(25)23-16(5-4-6-17(23)20-22)18(24)21-11-2-3-12-21/h7-10,16H,2-6,11-13H2,1H3. The van der Waals surface area contributed by atoms with E-state index in [9.17, 15) is 9.59 Å². The Kier molecular flexibility index (Phi) is 4.89. The maximum atomic E-state index is 13.0. The lowest BCUT2D eigenvalue weighted by atomic mass is 10.0. The summed E-state index contributed by atoms with van der Waals surface area (Å²) in [5, 5.41) is 4.54. The molecule has 0 radical (unpaired) electrons. The van der Waals surface area contributed by atoms with Crippen LogP contribution in [0, 0.1) is 0 Å². The van der Waals surface area contributed by atoms with Crippen LogP contribution in [0.3, 0.4) is 0 Å². The summed E-state index contributed by atoms with van der Waals surface area (Å²) >= 11 is 1.69. The molecule has 6 nitrogen and oxygen atoms in total. The highest BCUT2D eigenvalue weighted by Gasteiger charge is 2.34. The number of hydrogen-bond donors (Lipinski definition) is 0. The minimum Gasteiger partial charge on any atom is -0.341 e. The highest BCUT2D eigenvalue weighted by molar-refractivity contribution is 7.98. The van der Waals surface area contributed by atoms with Crippen molar-refractivity contribution in [2.75, 3.05) is 19.3 Å². The van der Waals surface area contributed by atoms with Gasteiger partial charge in [0.25, 0.3) is 0 Å². The van der Waals surface area contributed by atoms with Gasteiger partial charge in [-0.05, 0) is 49.6 Å². The van der Waals surface area contributed by atoms with Crippen LogP contribution in [0.4, 0.5) is 0 Å². The number of aryl methyl sites for hydroxylation is 1. The van der Waals surface area contributed by atoms with Gasteiger partial charge in [0, 0.05) is 24.4 Å². The van der Waals surface area contributed by atoms with Crippen LogP contribution in [0.2, 0.25) is 0 Å². The third kappa shape index (κ3) is 3.20. The number of thioether (sulfide) groups is 1. The van der Waals surface area contributed by atoms with Crippen molar-refractivity contribution >= 4 is 17.7 Å². The van der Waals surface area contributed by atoms with E-state index in [1.165, 1.54) is 9.58 Å². The zero-order valence-corrected chi connectivity index (χ0v) is 15.9. The van der Waals surface area contributed by atoms with Gasteiger partial charge in [0.1, 0.15) is 11.9 Å². The van der Waals surface area contributed by atoms with Gasteiger partial charge in [-0.15, -0.1) is 11.8 Å². The number of amides is 1. The van der Waals surface area contributed by atoms with Crippen LogP contribution in [0.15, 0.2) is 34.0 Å². The molecule has 26 heavy (non-hydrogen) atoms. The van der Waals surface area contributed by atoms with E-state index in [1.54, 1.807) is 16.3 Å². The van der Waals surface area contributed by atoms with Crippen molar-refractivity contribution in [2.45, 2.75) is 49.6 Å². The monoisotopic (exact) mass is 372 g/mol. The highest BCUT2D eigenvalue weighted by Crippen LogP contribution is 2.25. The lowest BCUT2D eigenvalue weighted by Crippen LogP contribution is -2.41. The van der Waals surface area contributed by atoms with Crippen LogP contribution in [0.5, 0.6) is 0 Å². The van der Waals surface area contributed by atoms with Crippen molar-refractivity contribution in [1.82, 2.24) is 19.2 Å². The van der Waals surface area contributed by atoms with E-state index in [4.69, 9.17) is 0 Å². The van der Waals surface area contributed by atoms with Crippen molar-refractivity contribution in [1.29, 1.82) is 0 Å². The maximum absolute atomic E-state index is 13.0. The highest BCUT2D eigenvalue weighted by atomic mass is 32.2. The molecule has 0 saturated carbocycles. The molecule has 1 fully saturated rings. The first-order chi connectivity index (χ1) is 12.7. The average Bonchev–Trinajstić information content (AvgIpc) is 3.31. The van der Waals surface area contributed by atoms with Gasteiger partial charge < -0.3 is 4.90 Å². The summed E-state index contributed by atoms with van der Waals surface area (Å²) in [5.41, 5.74) is 0.883. The normalized spacial score (nSPS) is 19.6. The van der Waals surface area contributed by atoms with Gasteiger partial charge in [0.05, 0.1) is 6.54 Å². The lowest BCUT2D eigenvalue weighted by Gasteiger charge is -2.27. The van der Waals surface area contributed by atoms with E-state index in [0.29, 0.717) is 6.54 Å². The fraction of sp³-hybridized carbons (Fsp3) is 0.526. The predicted octanol–water partition coefficient (Wildman–Crippen LogP) is 2.31. The topological polar surface area (TPSA) is 60.1 Å². The molecule has 1 amide bonds. The average molecular weight is 372 g/mol. The predicted molar refractivity (Wildman–Crippen MR) is 102 cm³/mol. The molecule has 1 saturated heterocycles. The molecule has 4 rings (SSSR count). The summed E-state index contributed by atoms with van der Waals surface area (Å²) in [6, 6.07) is 7.80. The van der Waals surface area contributed by atoms with Gasteiger partial charge in [-0.25, -0.2) is 9.48 Å². The van der Waals surface area contributed by atoms with Crippen LogP contribution in [-0.2, 0) is 17.8 Å². The Balaban J connectivity index is 1.61. The van der Waals surface area contributed by atoms with E-state index in [2.05, 4.69) is 17.2 Å². The van der Waals surface area contributed by atoms with Crippen LogP contribution >= 0.6 is 11.8 Å². The Morgan fingerprint density at radius 1 is 1.19 bits per heavy atom. The number of fused-ring (bicyclic) bond motifs is 1. The molecular weight excluding hydrogens is 348 g/mol. The smallest absolute Gasteiger partial charge is 0.341 e. The number of carbonyl (C=O) groups is 1. The third-order valence-corrected chi connectivity index (χ3v) is 6.07. The quantitative estimate of drug-likeness (QED) is 0.773. The van der Waals surface area contributed by atoms with E-state index in [0.717, 1.165) is 56.6 Å². The largest absolute Gasteiger partial charge is 0.346 e. The zero-order chi connectivity index (χ0) is 18.1. The molecule has 0 spiro atoms. The molecule has 0 aliphatic carbocycles. The molecule has 1 atom stereocenters. The van der Waals surface area contributed by atoms with Crippen molar-refractivity contribution in [2.24, 2.45) is 0 Å². The number of benzene rings is 1.